The minimum atomic E-state index is -0.166. The third kappa shape index (κ3) is 3.10. The Morgan fingerprint density at radius 1 is 1.35 bits per heavy atom. The number of aliphatic hydroxyl groups excluding tert-OH is 1. The Bertz CT molecular complexity index is 503. The highest BCUT2D eigenvalue weighted by Crippen LogP contribution is 2.28. The van der Waals surface area contributed by atoms with Crippen LogP contribution in [0.5, 0.6) is 0 Å². The molecule has 0 unspecified atom stereocenters. The number of ketones is 1. The van der Waals surface area contributed by atoms with Crippen molar-refractivity contribution >= 4 is 11.7 Å². The number of carbonyl (C=O) groups is 2. The zero-order valence-electron chi connectivity index (χ0n) is 12.9. The minimum Gasteiger partial charge on any atom is -0.395 e. The molecule has 1 aromatic heterocycles. The molecule has 0 saturated heterocycles. The van der Waals surface area contributed by atoms with Gasteiger partial charge >= 0.3 is 0 Å². The normalized spacial score (nSPS) is 10.9. The summed E-state index contributed by atoms with van der Waals surface area (Å²) in [6, 6.07) is 0. The first-order chi connectivity index (χ1) is 9.34. The second-order valence-electron chi connectivity index (χ2n) is 5.23. The number of amides is 1. The summed E-state index contributed by atoms with van der Waals surface area (Å²) in [5, 5.41) is 9.03. The third-order valence-corrected chi connectivity index (χ3v) is 3.41. The first kappa shape index (κ1) is 16.4. The minimum absolute atomic E-state index is 0.0355. The number of hydrogen-bond donors (Lipinski definition) is 2. The van der Waals surface area contributed by atoms with Gasteiger partial charge in [0.05, 0.1) is 6.61 Å². The molecule has 0 saturated carbocycles. The first-order valence-corrected chi connectivity index (χ1v) is 6.98. The zero-order chi connectivity index (χ0) is 15.4. The quantitative estimate of drug-likeness (QED) is 0.784. The van der Waals surface area contributed by atoms with Gasteiger partial charge in [-0.15, -0.1) is 0 Å². The molecule has 0 aliphatic rings. The highest BCUT2D eigenvalue weighted by molar-refractivity contribution is 6.03. The van der Waals surface area contributed by atoms with Crippen LogP contribution in [-0.4, -0.2) is 46.4 Å². The average molecular weight is 280 g/mol. The summed E-state index contributed by atoms with van der Waals surface area (Å²) in [4.78, 5) is 29.0. The van der Waals surface area contributed by atoms with Crippen LogP contribution < -0.4 is 0 Å². The summed E-state index contributed by atoms with van der Waals surface area (Å²) in [7, 11) is 0. The molecular weight excluding hydrogens is 256 g/mol. The second-order valence-corrected chi connectivity index (χ2v) is 5.23. The number of carbonyl (C=O) groups excluding carboxylic acids is 2. The summed E-state index contributed by atoms with van der Waals surface area (Å²) in [5.41, 5.74) is 2.59. The Morgan fingerprint density at radius 3 is 2.35 bits per heavy atom. The van der Waals surface area contributed by atoms with Gasteiger partial charge in [0, 0.05) is 24.3 Å². The number of nitrogens with zero attached hydrogens (tertiary/aromatic N) is 1. The summed E-state index contributed by atoms with van der Waals surface area (Å²) < 4.78 is 0. The topological polar surface area (TPSA) is 73.4 Å². The van der Waals surface area contributed by atoms with E-state index in [0.29, 0.717) is 24.3 Å². The van der Waals surface area contributed by atoms with Crippen LogP contribution in [0.3, 0.4) is 0 Å². The van der Waals surface area contributed by atoms with Gasteiger partial charge in [0.25, 0.3) is 5.91 Å². The summed E-state index contributed by atoms with van der Waals surface area (Å²) in [6.07, 6.45) is 0. The maximum atomic E-state index is 12.6. The van der Waals surface area contributed by atoms with Crippen molar-refractivity contribution in [2.75, 3.05) is 19.7 Å². The number of H-pyrrole nitrogens is 1. The Hall–Kier alpha value is -1.62. The number of Topliss-reactive ketones (excluding diaryl/α,β-unsaturated/α-hetero) is 1. The van der Waals surface area contributed by atoms with Crippen molar-refractivity contribution in [1.82, 2.24) is 9.88 Å². The number of aliphatic hydroxyl groups is 1. The number of aryl methyl sites for hydroxylation is 1. The standard InChI is InChI=1S/C15H24N2O3/c1-6-17(7-8-18)15(20)14-12(9(2)3)13(11(5)19)10(4)16-14/h9,16,18H,6-8H2,1-5H3. The van der Waals surface area contributed by atoms with E-state index in [4.69, 9.17) is 5.11 Å². The lowest BCUT2D eigenvalue weighted by molar-refractivity contribution is 0.0725. The SMILES string of the molecule is CCN(CCO)C(=O)c1[nH]c(C)c(C(C)=O)c1C(C)C. The van der Waals surface area contributed by atoms with Gasteiger partial charge in [-0.2, -0.15) is 0 Å². The second kappa shape index (κ2) is 6.70. The smallest absolute Gasteiger partial charge is 0.270 e. The van der Waals surface area contributed by atoms with E-state index in [9.17, 15) is 9.59 Å². The molecule has 0 atom stereocenters. The molecule has 2 N–H and O–H groups in total. The molecule has 0 spiro atoms. The zero-order valence-corrected chi connectivity index (χ0v) is 12.9. The molecule has 112 valence electrons. The maximum absolute atomic E-state index is 12.6. The molecule has 0 radical (unpaired) electrons. The van der Waals surface area contributed by atoms with E-state index < -0.39 is 0 Å². The van der Waals surface area contributed by atoms with Crippen molar-refractivity contribution in [3.63, 3.8) is 0 Å². The van der Waals surface area contributed by atoms with Crippen LogP contribution in [0.4, 0.5) is 0 Å². The Labute approximate surface area is 120 Å². The van der Waals surface area contributed by atoms with Crippen LogP contribution in [0.2, 0.25) is 0 Å². The maximum Gasteiger partial charge on any atom is 0.270 e. The number of nitrogens with one attached hydrogen (secondary N) is 1. The van der Waals surface area contributed by atoms with Gasteiger partial charge in [0.1, 0.15) is 5.69 Å². The largest absolute Gasteiger partial charge is 0.395 e. The molecule has 0 bridgehead atoms. The van der Waals surface area contributed by atoms with E-state index in [-0.39, 0.29) is 24.2 Å². The number of aromatic nitrogens is 1. The number of hydrogen-bond acceptors (Lipinski definition) is 3. The van der Waals surface area contributed by atoms with Crippen LogP contribution in [0.15, 0.2) is 0 Å². The average Bonchev–Trinajstić information content (AvgIpc) is 2.72. The van der Waals surface area contributed by atoms with E-state index in [1.807, 2.05) is 27.7 Å². The van der Waals surface area contributed by atoms with E-state index in [0.717, 1.165) is 11.3 Å². The van der Waals surface area contributed by atoms with Crippen LogP contribution in [0, 0.1) is 6.92 Å². The number of aromatic amines is 1. The van der Waals surface area contributed by atoms with Crippen molar-refractivity contribution in [3.8, 4) is 0 Å². The lowest BCUT2D eigenvalue weighted by atomic mass is 9.95. The highest BCUT2D eigenvalue weighted by atomic mass is 16.3. The van der Waals surface area contributed by atoms with Crippen LogP contribution in [-0.2, 0) is 0 Å². The molecule has 0 aromatic carbocycles. The van der Waals surface area contributed by atoms with E-state index in [1.54, 1.807) is 4.90 Å². The van der Waals surface area contributed by atoms with Gasteiger partial charge in [0.2, 0.25) is 0 Å². The van der Waals surface area contributed by atoms with Gasteiger partial charge in [-0.05, 0) is 32.3 Å². The molecule has 5 heteroatoms. The highest BCUT2D eigenvalue weighted by Gasteiger charge is 2.26. The first-order valence-electron chi connectivity index (χ1n) is 6.98. The van der Waals surface area contributed by atoms with Gasteiger partial charge in [-0.25, -0.2) is 0 Å². The lowest BCUT2D eigenvalue weighted by Gasteiger charge is -2.20. The molecule has 1 rings (SSSR count). The monoisotopic (exact) mass is 280 g/mol. The van der Waals surface area contributed by atoms with Crippen molar-refractivity contribution < 1.29 is 14.7 Å². The lowest BCUT2D eigenvalue weighted by Crippen LogP contribution is -2.34. The summed E-state index contributed by atoms with van der Waals surface area (Å²) >= 11 is 0. The van der Waals surface area contributed by atoms with Crippen molar-refractivity contribution in [2.24, 2.45) is 0 Å². The Balaban J connectivity index is 3.34. The molecule has 1 amide bonds. The molecule has 20 heavy (non-hydrogen) atoms. The van der Waals surface area contributed by atoms with Gasteiger partial charge in [-0.1, -0.05) is 13.8 Å². The Kier molecular flexibility index (Phi) is 5.51. The van der Waals surface area contributed by atoms with E-state index in [2.05, 4.69) is 4.98 Å². The number of rotatable bonds is 6. The molecule has 0 aliphatic carbocycles. The summed E-state index contributed by atoms with van der Waals surface area (Å²) in [6.45, 7) is 9.86. The molecule has 1 aromatic rings. The van der Waals surface area contributed by atoms with Crippen molar-refractivity contribution in [2.45, 2.75) is 40.5 Å². The molecule has 0 fully saturated rings. The van der Waals surface area contributed by atoms with Crippen LogP contribution in [0.1, 0.15) is 65.7 Å². The predicted octanol–water partition coefficient (Wildman–Crippen LogP) is 2.10. The fourth-order valence-corrected chi connectivity index (χ4v) is 2.53. The van der Waals surface area contributed by atoms with Crippen molar-refractivity contribution in [3.05, 3.63) is 22.5 Å². The predicted molar refractivity (Wildman–Crippen MR) is 78.3 cm³/mol. The molecule has 1 heterocycles. The van der Waals surface area contributed by atoms with E-state index >= 15 is 0 Å². The number of likely N-dealkylation sites (N-methyl/N-ethyl adjacent to an activating group) is 1. The van der Waals surface area contributed by atoms with Gasteiger partial charge < -0.3 is 15.0 Å². The fraction of sp³-hybridized carbons (Fsp3) is 0.600. The Morgan fingerprint density at radius 2 is 1.95 bits per heavy atom. The fourth-order valence-electron chi connectivity index (χ4n) is 2.53. The molecule has 0 aliphatic heterocycles. The van der Waals surface area contributed by atoms with Crippen LogP contribution in [0.25, 0.3) is 0 Å². The molecular formula is C15H24N2O3. The van der Waals surface area contributed by atoms with E-state index in [1.165, 1.54) is 6.92 Å². The van der Waals surface area contributed by atoms with Gasteiger partial charge in [0.15, 0.2) is 5.78 Å². The summed E-state index contributed by atoms with van der Waals surface area (Å²) in [5.74, 6) is -0.127. The van der Waals surface area contributed by atoms with Crippen LogP contribution >= 0.6 is 0 Å². The molecule has 5 nitrogen and oxygen atoms in total. The third-order valence-electron chi connectivity index (χ3n) is 3.41. The van der Waals surface area contributed by atoms with Crippen molar-refractivity contribution in [1.29, 1.82) is 0 Å². The van der Waals surface area contributed by atoms with Gasteiger partial charge in [-0.3, -0.25) is 9.59 Å².